The Morgan fingerprint density at radius 1 is 1.29 bits per heavy atom. The molecule has 1 aromatic heterocycles. The van der Waals surface area contributed by atoms with E-state index in [9.17, 15) is 4.79 Å². The smallest absolute Gasteiger partial charge is 0.319 e. The zero-order valence-electron chi connectivity index (χ0n) is 12.6. The molecule has 2 N–H and O–H groups in total. The topological polar surface area (TPSA) is 57.5 Å². The fourth-order valence-corrected chi connectivity index (χ4v) is 2.11. The summed E-state index contributed by atoms with van der Waals surface area (Å²) in [5.41, 5.74) is 1.89. The number of carbonyl (C=O) groups is 1. The molecule has 2 aromatic rings. The summed E-state index contributed by atoms with van der Waals surface area (Å²) in [7, 11) is 3.90. The fourth-order valence-electron chi connectivity index (χ4n) is 2.11. The third-order valence-corrected chi connectivity index (χ3v) is 3.23. The summed E-state index contributed by atoms with van der Waals surface area (Å²) < 4.78 is 5.41. The molecule has 0 aliphatic heterocycles. The van der Waals surface area contributed by atoms with E-state index in [-0.39, 0.29) is 12.1 Å². The van der Waals surface area contributed by atoms with Gasteiger partial charge in [-0.05, 0) is 50.8 Å². The van der Waals surface area contributed by atoms with Gasteiger partial charge in [0.25, 0.3) is 0 Å². The van der Waals surface area contributed by atoms with Gasteiger partial charge in [0.05, 0.1) is 12.3 Å². The van der Waals surface area contributed by atoms with Crippen LogP contribution in [-0.4, -0.2) is 31.6 Å². The van der Waals surface area contributed by atoms with Gasteiger partial charge < -0.3 is 15.1 Å². The van der Waals surface area contributed by atoms with Gasteiger partial charge >= 0.3 is 6.03 Å². The monoisotopic (exact) mass is 287 g/mol. The number of anilines is 1. The Hall–Kier alpha value is -2.27. The molecule has 21 heavy (non-hydrogen) atoms. The highest BCUT2D eigenvalue weighted by Crippen LogP contribution is 2.17. The summed E-state index contributed by atoms with van der Waals surface area (Å²) in [5.74, 6) is 0.829. The minimum absolute atomic E-state index is 0.00302. The number of furan rings is 1. The highest BCUT2D eigenvalue weighted by molar-refractivity contribution is 5.89. The van der Waals surface area contributed by atoms with Crippen molar-refractivity contribution in [2.24, 2.45) is 0 Å². The number of likely N-dealkylation sites (N-methyl/N-ethyl adjacent to an activating group) is 1. The normalized spacial score (nSPS) is 12.2. The molecular formula is C16H21N3O2. The van der Waals surface area contributed by atoms with E-state index in [1.165, 1.54) is 0 Å². The van der Waals surface area contributed by atoms with Gasteiger partial charge in [-0.2, -0.15) is 0 Å². The van der Waals surface area contributed by atoms with Crippen LogP contribution in [0.2, 0.25) is 0 Å². The number of hydrogen-bond acceptors (Lipinski definition) is 3. The van der Waals surface area contributed by atoms with Crippen molar-refractivity contribution in [1.82, 2.24) is 10.2 Å². The zero-order valence-corrected chi connectivity index (χ0v) is 12.6. The Morgan fingerprint density at radius 3 is 2.71 bits per heavy atom. The second kappa shape index (κ2) is 6.95. The Labute approximate surface area is 124 Å². The van der Waals surface area contributed by atoms with Crippen LogP contribution in [0.5, 0.6) is 0 Å². The van der Waals surface area contributed by atoms with Crippen molar-refractivity contribution in [1.29, 1.82) is 0 Å². The first-order chi connectivity index (χ1) is 10.1. The second-order valence-corrected chi connectivity index (χ2v) is 5.20. The summed E-state index contributed by atoms with van der Waals surface area (Å²) in [6.07, 6.45) is 1.64. The molecule has 0 bridgehead atoms. The number of amides is 2. The third kappa shape index (κ3) is 4.36. The maximum atomic E-state index is 11.9. The van der Waals surface area contributed by atoms with E-state index in [0.717, 1.165) is 17.0 Å². The molecule has 0 saturated heterocycles. The quantitative estimate of drug-likeness (QED) is 0.888. The molecule has 0 aliphatic rings. The van der Waals surface area contributed by atoms with Gasteiger partial charge in [0.1, 0.15) is 5.76 Å². The van der Waals surface area contributed by atoms with Crippen LogP contribution < -0.4 is 10.6 Å². The fraction of sp³-hybridized carbons (Fsp3) is 0.312. The van der Waals surface area contributed by atoms with E-state index in [1.807, 2.05) is 62.3 Å². The molecule has 2 rings (SSSR count). The molecule has 0 aliphatic carbocycles. The molecule has 0 spiro atoms. The van der Waals surface area contributed by atoms with Crippen LogP contribution in [0.3, 0.4) is 0 Å². The molecule has 1 aromatic carbocycles. The van der Waals surface area contributed by atoms with Crippen LogP contribution in [0.1, 0.15) is 17.4 Å². The molecule has 0 saturated carbocycles. The maximum Gasteiger partial charge on any atom is 0.319 e. The molecular weight excluding hydrogens is 266 g/mol. The third-order valence-electron chi connectivity index (χ3n) is 3.23. The van der Waals surface area contributed by atoms with Gasteiger partial charge in [-0.1, -0.05) is 12.1 Å². The van der Waals surface area contributed by atoms with Crippen LogP contribution in [0.25, 0.3) is 0 Å². The minimum atomic E-state index is -0.223. The van der Waals surface area contributed by atoms with Crippen molar-refractivity contribution in [3.05, 3.63) is 54.0 Å². The summed E-state index contributed by atoms with van der Waals surface area (Å²) in [5, 5.41) is 5.69. The molecule has 0 fully saturated rings. The lowest BCUT2D eigenvalue weighted by Crippen LogP contribution is -2.36. The Bertz CT molecular complexity index is 579. The van der Waals surface area contributed by atoms with Gasteiger partial charge in [-0.3, -0.25) is 4.90 Å². The average molecular weight is 287 g/mol. The first-order valence-corrected chi connectivity index (χ1v) is 6.87. The van der Waals surface area contributed by atoms with Gasteiger partial charge in [-0.25, -0.2) is 4.79 Å². The first-order valence-electron chi connectivity index (χ1n) is 6.87. The lowest BCUT2D eigenvalue weighted by atomic mass is 10.2. The number of rotatable bonds is 5. The number of carbonyl (C=O) groups excluding carboxylic acids is 1. The van der Waals surface area contributed by atoms with E-state index in [0.29, 0.717) is 6.54 Å². The van der Waals surface area contributed by atoms with E-state index in [1.54, 1.807) is 6.26 Å². The highest BCUT2D eigenvalue weighted by atomic mass is 16.3. The molecule has 5 heteroatoms. The van der Waals surface area contributed by atoms with E-state index >= 15 is 0 Å². The number of urea groups is 1. The van der Waals surface area contributed by atoms with Crippen molar-refractivity contribution in [2.45, 2.75) is 13.0 Å². The van der Waals surface area contributed by atoms with Crippen molar-refractivity contribution in [2.75, 3.05) is 26.0 Å². The zero-order chi connectivity index (χ0) is 15.2. The van der Waals surface area contributed by atoms with E-state index in [2.05, 4.69) is 10.6 Å². The largest absolute Gasteiger partial charge is 0.468 e. The van der Waals surface area contributed by atoms with Crippen LogP contribution >= 0.6 is 0 Å². The molecule has 2 amide bonds. The minimum Gasteiger partial charge on any atom is -0.468 e. The molecule has 1 heterocycles. The van der Waals surface area contributed by atoms with Crippen LogP contribution in [-0.2, 0) is 0 Å². The average Bonchev–Trinajstić information content (AvgIpc) is 2.92. The Kier molecular flexibility index (Phi) is 5.00. The summed E-state index contributed by atoms with van der Waals surface area (Å²) in [6, 6.07) is 11.2. The van der Waals surface area contributed by atoms with Gasteiger partial charge in [-0.15, -0.1) is 0 Å². The molecule has 112 valence electrons. The predicted molar refractivity (Wildman–Crippen MR) is 83.3 cm³/mol. The van der Waals surface area contributed by atoms with E-state index in [4.69, 9.17) is 4.42 Å². The second-order valence-electron chi connectivity index (χ2n) is 5.20. The van der Waals surface area contributed by atoms with Gasteiger partial charge in [0.15, 0.2) is 0 Å². The van der Waals surface area contributed by atoms with Gasteiger partial charge in [0.2, 0.25) is 0 Å². The Balaban J connectivity index is 1.90. The van der Waals surface area contributed by atoms with Crippen molar-refractivity contribution in [3.63, 3.8) is 0 Å². The summed E-state index contributed by atoms with van der Waals surface area (Å²) >= 11 is 0. The summed E-state index contributed by atoms with van der Waals surface area (Å²) in [6.45, 7) is 2.46. The van der Waals surface area contributed by atoms with Crippen LogP contribution in [0, 0.1) is 6.92 Å². The van der Waals surface area contributed by atoms with Crippen molar-refractivity contribution in [3.8, 4) is 0 Å². The lowest BCUT2D eigenvalue weighted by Gasteiger charge is -2.22. The molecule has 5 nitrogen and oxygen atoms in total. The number of aryl methyl sites for hydroxylation is 1. The highest BCUT2D eigenvalue weighted by Gasteiger charge is 2.17. The van der Waals surface area contributed by atoms with Crippen LogP contribution in [0.15, 0.2) is 47.1 Å². The van der Waals surface area contributed by atoms with Crippen molar-refractivity contribution < 1.29 is 9.21 Å². The summed E-state index contributed by atoms with van der Waals surface area (Å²) in [4.78, 5) is 14.0. The molecule has 0 radical (unpaired) electrons. The number of hydrogen-bond donors (Lipinski definition) is 2. The number of nitrogens with one attached hydrogen (secondary N) is 2. The van der Waals surface area contributed by atoms with Crippen LogP contribution in [0.4, 0.5) is 10.5 Å². The number of benzene rings is 1. The molecule has 1 atom stereocenters. The lowest BCUT2D eigenvalue weighted by molar-refractivity contribution is 0.233. The first kappa shape index (κ1) is 15.1. The SMILES string of the molecule is Cc1cccc(NC(=O)NC[C@H](c2ccco2)N(C)C)c1. The van der Waals surface area contributed by atoms with Gasteiger partial charge in [0, 0.05) is 12.2 Å². The molecule has 0 unspecified atom stereocenters. The number of nitrogens with zero attached hydrogens (tertiary/aromatic N) is 1. The van der Waals surface area contributed by atoms with Crippen molar-refractivity contribution >= 4 is 11.7 Å². The Morgan fingerprint density at radius 2 is 2.10 bits per heavy atom. The standard InChI is InChI=1S/C16H21N3O2/c1-12-6-4-7-13(10-12)18-16(20)17-11-14(19(2)3)15-8-5-9-21-15/h4-10,14H,11H2,1-3H3,(H2,17,18,20)/t14-/m1/s1. The van der Waals surface area contributed by atoms with E-state index < -0.39 is 0 Å². The maximum absolute atomic E-state index is 11.9. The predicted octanol–water partition coefficient (Wildman–Crippen LogP) is 3.01.